The summed E-state index contributed by atoms with van der Waals surface area (Å²) in [5.74, 6) is 0.689. The molecule has 0 atom stereocenters. The first kappa shape index (κ1) is 13.9. The Morgan fingerprint density at radius 3 is 2.32 bits per heavy atom. The van der Waals surface area contributed by atoms with Crippen molar-refractivity contribution in [1.29, 1.82) is 0 Å². The van der Waals surface area contributed by atoms with Crippen LogP contribution >= 0.6 is 0 Å². The maximum absolute atomic E-state index is 10.9. The Kier molecular flexibility index (Phi) is 4.80. The van der Waals surface area contributed by atoms with Gasteiger partial charge in [0.05, 0.1) is 0 Å². The number of nitrogens with one attached hydrogen (secondary N) is 2. The lowest BCUT2D eigenvalue weighted by molar-refractivity contribution is -0.114. The van der Waals surface area contributed by atoms with E-state index in [4.69, 9.17) is 5.73 Å². The van der Waals surface area contributed by atoms with Crippen LogP contribution in [0.1, 0.15) is 32.6 Å². The SMILES string of the molecule is CC(=O)Nc1ccc(NCC2CCC(N)CC2)cc1. The van der Waals surface area contributed by atoms with Crippen LogP contribution in [0, 0.1) is 5.92 Å². The third-order valence-corrected chi connectivity index (χ3v) is 3.69. The largest absolute Gasteiger partial charge is 0.385 e. The maximum Gasteiger partial charge on any atom is 0.221 e. The van der Waals surface area contributed by atoms with Crippen molar-refractivity contribution < 1.29 is 4.79 Å². The van der Waals surface area contributed by atoms with Gasteiger partial charge in [-0.15, -0.1) is 0 Å². The average molecular weight is 261 g/mol. The number of anilines is 2. The van der Waals surface area contributed by atoms with Crippen LogP contribution in [0.3, 0.4) is 0 Å². The minimum atomic E-state index is -0.0424. The summed E-state index contributed by atoms with van der Waals surface area (Å²) in [6, 6.07) is 8.24. The van der Waals surface area contributed by atoms with E-state index in [2.05, 4.69) is 10.6 Å². The molecule has 0 spiro atoms. The predicted octanol–water partition coefficient (Wildman–Crippen LogP) is 2.57. The van der Waals surface area contributed by atoms with E-state index in [1.54, 1.807) is 0 Å². The number of hydrogen-bond acceptors (Lipinski definition) is 3. The zero-order valence-corrected chi connectivity index (χ0v) is 11.5. The molecule has 1 fully saturated rings. The Balaban J connectivity index is 1.78. The van der Waals surface area contributed by atoms with Gasteiger partial charge in [-0.25, -0.2) is 0 Å². The molecule has 0 unspecified atom stereocenters. The van der Waals surface area contributed by atoms with Crippen molar-refractivity contribution in [3.63, 3.8) is 0 Å². The van der Waals surface area contributed by atoms with E-state index in [0.29, 0.717) is 6.04 Å². The average Bonchev–Trinajstić information content (AvgIpc) is 2.39. The van der Waals surface area contributed by atoms with Gasteiger partial charge in [0, 0.05) is 30.9 Å². The van der Waals surface area contributed by atoms with Crippen LogP contribution in [-0.2, 0) is 4.79 Å². The van der Waals surface area contributed by atoms with Gasteiger partial charge in [0.15, 0.2) is 0 Å². The van der Waals surface area contributed by atoms with Gasteiger partial charge in [0.25, 0.3) is 0 Å². The van der Waals surface area contributed by atoms with Crippen molar-refractivity contribution in [3.05, 3.63) is 24.3 Å². The van der Waals surface area contributed by atoms with Crippen molar-refractivity contribution >= 4 is 17.3 Å². The van der Waals surface area contributed by atoms with Gasteiger partial charge in [0.2, 0.25) is 5.91 Å². The van der Waals surface area contributed by atoms with E-state index in [1.165, 1.54) is 19.8 Å². The van der Waals surface area contributed by atoms with Gasteiger partial charge in [0.1, 0.15) is 0 Å². The first-order chi connectivity index (χ1) is 9.13. The van der Waals surface area contributed by atoms with E-state index in [1.807, 2.05) is 24.3 Å². The van der Waals surface area contributed by atoms with E-state index in [9.17, 15) is 4.79 Å². The number of carbonyl (C=O) groups is 1. The normalized spacial score (nSPS) is 22.8. The Hall–Kier alpha value is -1.55. The van der Waals surface area contributed by atoms with Crippen LogP contribution in [0.25, 0.3) is 0 Å². The van der Waals surface area contributed by atoms with Crippen LogP contribution in [0.15, 0.2) is 24.3 Å². The van der Waals surface area contributed by atoms with Crippen LogP contribution in [0.2, 0.25) is 0 Å². The Morgan fingerprint density at radius 2 is 1.74 bits per heavy atom. The summed E-state index contributed by atoms with van der Waals surface area (Å²) < 4.78 is 0. The van der Waals surface area contributed by atoms with Crippen LogP contribution in [-0.4, -0.2) is 18.5 Å². The molecular formula is C15H23N3O. The van der Waals surface area contributed by atoms with Crippen LogP contribution < -0.4 is 16.4 Å². The molecule has 0 saturated heterocycles. The van der Waals surface area contributed by atoms with Crippen LogP contribution in [0.5, 0.6) is 0 Å². The molecule has 1 aliphatic rings. The van der Waals surface area contributed by atoms with E-state index in [-0.39, 0.29) is 5.91 Å². The van der Waals surface area contributed by atoms with Crippen molar-refractivity contribution in [2.45, 2.75) is 38.6 Å². The van der Waals surface area contributed by atoms with Gasteiger partial charge in [-0.05, 0) is 55.9 Å². The predicted molar refractivity (Wildman–Crippen MR) is 79.2 cm³/mol. The number of nitrogens with two attached hydrogens (primary N) is 1. The topological polar surface area (TPSA) is 67.2 Å². The van der Waals surface area contributed by atoms with Gasteiger partial charge < -0.3 is 16.4 Å². The Labute approximate surface area is 114 Å². The summed E-state index contributed by atoms with van der Waals surface area (Å²) >= 11 is 0. The lowest BCUT2D eigenvalue weighted by Gasteiger charge is -2.26. The highest BCUT2D eigenvalue weighted by Gasteiger charge is 2.17. The number of amides is 1. The number of carbonyl (C=O) groups excluding carboxylic acids is 1. The minimum absolute atomic E-state index is 0.0424. The fraction of sp³-hybridized carbons (Fsp3) is 0.533. The smallest absolute Gasteiger partial charge is 0.221 e. The molecule has 4 N–H and O–H groups in total. The van der Waals surface area contributed by atoms with Gasteiger partial charge in [-0.3, -0.25) is 4.79 Å². The standard InChI is InChI=1S/C15H23N3O/c1-11(19)18-15-8-6-14(7-9-15)17-10-12-2-4-13(16)5-3-12/h6-9,12-13,17H,2-5,10,16H2,1H3,(H,18,19). The molecule has 0 aliphatic heterocycles. The molecule has 4 nitrogen and oxygen atoms in total. The summed E-state index contributed by atoms with van der Waals surface area (Å²) in [6.45, 7) is 2.52. The van der Waals surface area contributed by atoms with E-state index < -0.39 is 0 Å². The molecule has 2 rings (SSSR count). The molecule has 4 heteroatoms. The molecule has 0 radical (unpaired) electrons. The summed E-state index contributed by atoms with van der Waals surface area (Å²) in [6.07, 6.45) is 4.73. The molecule has 1 saturated carbocycles. The molecule has 104 valence electrons. The second kappa shape index (κ2) is 6.57. The fourth-order valence-electron chi connectivity index (χ4n) is 2.53. The highest BCUT2D eigenvalue weighted by Crippen LogP contribution is 2.23. The quantitative estimate of drug-likeness (QED) is 0.780. The third kappa shape index (κ3) is 4.56. The Morgan fingerprint density at radius 1 is 1.16 bits per heavy atom. The fourth-order valence-corrected chi connectivity index (χ4v) is 2.53. The van der Waals surface area contributed by atoms with E-state index in [0.717, 1.165) is 36.7 Å². The molecule has 0 aromatic heterocycles. The summed E-state index contributed by atoms with van der Waals surface area (Å²) in [5, 5.41) is 6.22. The van der Waals surface area contributed by atoms with Gasteiger partial charge >= 0.3 is 0 Å². The van der Waals surface area contributed by atoms with Crippen molar-refractivity contribution in [1.82, 2.24) is 0 Å². The van der Waals surface area contributed by atoms with Gasteiger partial charge in [-0.2, -0.15) is 0 Å². The number of benzene rings is 1. The van der Waals surface area contributed by atoms with Crippen LogP contribution in [0.4, 0.5) is 11.4 Å². The summed E-state index contributed by atoms with van der Waals surface area (Å²) in [7, 11) is 0. The second-order valence-electron chi connectivity index (χ2n) is 5.42. The first-order valence-corrected chi connectivity index (χ1v) is 7.00. The highest BCUT2D eigenvalue weighted by atomic mass is 16.1. The Bertz CT molecular complexity index is 408. The number of rotatable bonds is 4. The zero-order chi connectivity index (χ0) is 13.7. The molecule has 0 bridgehead atoms. The van der Waals surface area contributed by atoms with E-state index >= 15 is 0 Å². The third-order valence-electron chi connectivity index (χ3n) is 3.69. The highest BCUT2D eigenvalue weighted by molar-refractivity contribution is 5.88. The van der Waals surface area contributed by atoms with Crippen molar-refractivity contribution in [3.8, 4) is 0 Å². The molecular weight excluding hydrogens is 238 g/mol. The van der Waals surface area contributed by atoms with Gasteiger partial charge in [-0.1, -0.05) is 0 Å². The monoisotopic (exact) mass is 261 g/mol. The first-order valence-electron chi connectivity index (χ1n) is 7.00. The molecule has 1 aliphatic carbocycles. The second-order valence-corrected chi connectivity index (χ2v) is 5.42. The summed E-state index contributed by atoms with van der Waals surface area (Å²) in [5.41, 5.74) is 7.84. The minimum Gasteiger partial charge on any atom is -0.385 e. The molecule has 1 aromatic carbocycles. The molecule has 0 heterocycles. The lowest BCUT2D eigenvalue weighted by Crippen LogP contribution is -2.29. The lowest BCUT2D eigenvalue weighted by atomic mass is 9.86. The summed E-state index contributed by atoms with van der Waals surface area (Å²) in [4.78, 5) is 10.9. The molecule has 1 aromatic rings. The number of hydrogen-bond donors (Lipinski definition) is 3. The molecule has 1 amide bonds. The molecule has 19 heavy (non-hydrogen) atoms. The maximum atomic E-state index is 10.9. The zero-order valence-electron chi connectivity index (χ0n) is 11.5. The van der Waals surface area contributed by atoms with Crippen molar-refractivity contribution in [2.75, 3.05) is 17.2 Å². The van der Waals surface area contributed by atoms with Crippen molar-refractivity contribution in [2.24, 2.45) is 11.7 Å².